The van der Waals surface area contributed by atoms with Crippen molar-refractivity contribution in [2.24, 2.45) is 23.0 Å². The summed E-state index contributed by atoms with van der Waals surface area (Å²) in [7, 11) is 0. The molecule has 0 aliphatic heterocycles. The molecule has 0 bridgehead atoms. The second-order valence-electron chi connectivity index (χ2n) is 7.62. The van der Waals surface area contributed by atoms with Gasteiger partial charge in [-0.1, -0.05) is 27.2 Å². The zero-order valence-electron chi connectivity index (χ0n) is 13.2. The SMILES string of the molecule is CC1CC(C)(C)CCC1NC(=O)C1CCCC(N)C1.Cl. The first-order valence-corrected chi connectivity index (χ1v) is 7.93. The lowest BCUT2D eigenvalue weighted by Gasteiger charge is -2.40. The lowest BCUT2D eigenvalue weighted by Crippen LogP contribution is -2.47. The van der Waals surface area contributed by atoms with Crippen LogP contribution < -0.4 is 11.1 Å². The fourth-order valence-corrected chi connectivity index (χ4v) is 3.93. The molecule has 2 fully saturated rings. The summed E-state index contributed by atoms with van der Waals surface area (Å²) in [4.78, 5) is 12.4. The van der Waals surface area contributed by atoms with E-state index >= 15 is 0 Å². The number of carbonyl (C=O) groups is 1. The highest BCUT2D eigenvalue weighted by Crippen LogP contribution is 2.38. The van der Waals surface area contributed by atoms with Gasteiger partial charge in [-0.15, -0.1) is 12.4 Å². The van der Waals surface area contributed by atoms with Crippen LogP contribution >= 0.6 is 12.4 Å². The third-order valence-corrected chi connectivity index (χ3v) is 5.11. The monoisotopic (exact) mass is 302 g/mol. The number of nitrogens with one attached hydrogen (secondary N) is 1. The minimum atomic E-state index is 0. The van der Waals surface area contributed by atoms with Gasteiger partial charge in [0.05, 0.1) is 0 Å². The largest absolute Gasteiger partial charge is 0.353 e. The molecule has 3 nitrogen and oxygen atoms in total. The van der Waals surface area contributed by atoms with Crippen LogP contribution in [0.4, 0.5) is 0 Å². The first-order chi connectivity index (χ1) is 8.87. The fraction of sp³-hybridized carbons (Fsp3) is 0.938. The summed E-state index contributed by atoms with van der Waals surface area (Å²) in [6, 6.07) is 0.603. The van der Waals surface area contributed by atoms with Crippen LogP contribution in [0.2, 0.25) is 0 Å². The number of halogens is 1. The number of amides is 1. The summed E-state index contributed by atoms with van der Waals surface area (Å²) < 4.78 is 0. The van der Waals surface area contributed by atoms with E-state index in [-0.39, 0.29) is 30.3 Å². The van der Waals surface area contributed by atoms with Gasteiger partial charge in [0.1, 0.15) is 0 Å². The zero-order valence-corrected chi connectivity index (χ0v) is 14.0. The summed E-state index contributed by atoms with van der Waals surface area (Å²) in [6.45, 7) is 6.95. The highest BCUT2D eigenvalue weighted by atomic mass is 35.5. The lowest BCUT2D eigenvalue weighted by molar-refractivity contribution is -0.127. The molecule has 4 heteroatoms. The van der Waals surface area contributed by atoms with E-state index in [0.717, 1.165) is 32.1 Å². The Bertz CT molecular complexity index is 332. The third kappa shape index (κ3) is 4.63. The maximum Gasteiger partial charge on any atom is 0.223 e. The van der Waals surface area contributed by atoms with Gasteiger partial charge >= 0.3 is 0 Å². The van der Waals surface area contributed by atoms with Gasteiger partial charge in [-0.25, -0.2) is 0 Å². The Morgan fingerprint density at radius 2 is 1.95 bits per heavy atom. The molecule has 118 valence electrons. The average molecular weight is 303 g/mol. The summed E-state index contributed by atoms with van der Waals surface area (Å²) in [6.07, 6.45) is 7.63. The van der Waals surface area contributed by atoms with Crippen molar-refractivity contribution >= 4 is 18.3 Å². The molecule has 0 aromatic heterocycles. The van der Waals surface area contributed by atoms with Gasteiger partial charge in [-0.2, -0.15) is 0 Å². The van der Waals surface area contributed by atoms with Crippen LogP contribution in [0.3, 0.4) is 0 Å². The molecule has 2 aliphatic carbocycles. The first kappa shape index (κ1) is 17.8. The quantitative estimate of drug-likeness (QED) is 0.822. The van der Waals surface area contributed by atoms with Gasteiger partial charge < -0.3 is 11.1 Å². The Hall–Kier alpha value is -0.280. The number of hydrogen-bond acceptors (Lipinski definition) is 2. The number of hydrogen-bond donors (Lipinski definition) is 2. The van der Waals surface area contributed by atoms with Crippen LogP contribution in [-0.2, 0) is 4.79 Å². The van der Waals surface area contributed by atoms with E-state index in [2.05, 4.69) is 26.1 Å². The molecule has 3 N–H and O–H groups in total. The normalized spacial score (nSPS) is 36.8. The summed E-state index contributed by atoms with van der Waals surface area (Å²) in [5.41, 5.74) is 6.42. The predicted molar refractivity (Wildman–Crippen MR) is 85.9 cm³/mol. The topological polar surface area (TPSA) is 55.1 Å². The van der Waals surface area contributed by atoms with E-state index in [4.69, 9.17) is 5.73 Å². The Labute approximate surface area is 129 Å². The highest BCUT2D eigenvalue weighted by molar-refractivity contribution is 5.85. The molecule has 1 amide bonds. The molecule has 0 heterocycles. The van der Waals surface area contributed by atoms with Crippen LogP contribution in [-0.4, -0.2) is 18.0 Å². The Balaban J connectivity index is 0.00000200. The van der Waals surface area contributed by atoms with Crippen molar-refractivity contribution in [3.8, 4) is 0 Å². The maximum absolute atomic E-state index is 12.4. The van der Waals surface area contributed by atoms with E-state index in [1.807, 2.05) is 0 Å². The molecule has 0 aromatic carbocycles. The highest BCUT2D eigenvalue weighted by Gasteiger charge is 2.34. The Morgan fingerprint density at radius 3 is 2.55 bits per heavy atom. The van der Waals surface area contributed by atoms with Gasteiger partial charge in [-0.3, -0.25) is 4.79 Å². The first-order valence-electron chi connectivity index (χ1n) is 7.93. The number of rotatable bonds is 2. The van der Waals surface area contributed by atoms with Crippen LogP contribution in [0, 0.1) is 17.3 Å². The molecular weight excluding hydrogens is 272 g/mol. The van der Waals surface area contributed by atoms with E-state index in [1.54, 1.807) is 0 Å². The standard InChI is InChI=1S/C16H30N2O.ClH/c1-11-10-16(2,3)8-7-14(11)18-15(19)12-5-4-6-13(17)9-12;/h11-14H,4-10,17H2,1-3H3,(H,18,19);1H. The van der Waals surface area contributed by atoms with Crippen LogP contribution in [0.1, 0.15) is 65.7 Å². The third-order valence-electron chi connectivity index (χ3n) is 5.11. The second-order valence-corrected chi connectivity index (χ2v) is 7.62. The molecule has 4 atom stereocenters. The lowest BCUT2D eigenvalue weighted by atomic mass is 9.70. The minimum absolute atomic E-state index is 0. The van der Waals surface area contributed by atoms with Crippen molar-refractivity contribution in [3.05, 3.63) is 0 Å². The maximum atomic E-state index is 12.4. The second kappa shape index (κ2) is 7.13. The number of carbonyl (C=O) groups excluding carboxylic acids is 1. The average Bonchev–Trinajstić information content (AvgIpc) is 2.32. The van der Waals surface area contributed by atoms with Crippen molar-refractivity contribution in [1.29, 1.82) is 0 Å². The molecule has 2 aliphatic rings. The molecule has 2 saturated carbocycles. The van der Waals surface area contributed by atoms with Gasteiger partial charge in [0.25, 0.3) is 0 Å². The smallest absolute Gasteiger partial charge is 0.223 e. The zero-order chi connectivity index (χ0) is 14.0. The van der Waals surface area contributed by atoms with Gasteiger partial charge in [0, 0.05) is 18.0 Å². The van der Waals surface area contributed by atoms with E-state index in [1.165, 1.54) is 12.8 Å². The molecule has 2 rings (SSSR count). The molecule has 0 aromatic rings. The van der Waals surface area contributed by atoms with Gasteiger partial charge in [0.2, 0.25) is 5.91 Å². The molecule has 0 saturated heterocycles. The van der Waals surface area contributed by atoms with Gasteiger partial charge in [-0.05, 0) is 49.9 Å². The van der Waals surface area contributed by atoms with Crippen molar-refractivity contribution in [1.82, 2.24) is 5.32 Å². The Kier molecular flexibility index (Phi) is 6.33. The van der Waals surface area contributed by atoms with E-state index in [0.29, 0.717) is 17.4 Å². The molecule has 4 unspecified atom stereocenters. The molecule has 0 spiro atoms. The predicted octanol–water partition coefficient (Wildman–Crippen LogP) is 3.26. The van der Waals surface area contributed by atoms with Crippen LogP contribution in [0.25, 0.3) is 0 Å². The minimum Gasteiger partial charge on any atom is -0.353 e. The summed E-state index contributed by atoms with van der Waals surface area (Å²) in [5, 5.41) is 3.30. The molecule has 20 heavy (non-hydrogen) atoms. The van der Waals surface area contributed by atoms with Gasteiger partial charge in [0.15, 0.2) is 0 Å². The van der Waals surface area contributed by atoms with E-state index < -0.39 is 0 Å². The van der Waals surface area contributed by atoms with Crippen molar-refractivity contribution in [2.75, 3.05) is 0 Å². The summed E-state index contributed by atoms with van der Waals surface area (Å²) in [5.74, 6) is 1.00. The Morgan fingerprint density at radius 1 is 1.25 bits per heavy atom. The fourth-order valence-electron chi connectivity index (χ4n) is 3.93. The van der Waals surface area contributed by atoms with Crippen molar-refractivity contribution < 1.29 is 4.79 Å². The van der Waals surface area contributed by atoms with Crippen molar-refractivity contribution in [3.63, 3.8) is 0 Å². The summed E-state index contributed by atoms with van der Waals surface area (Å²) >= 11 is 0. The van der Waals surface area contributed by atoms with Crippen LogP contribution in [0.5, 0.6) is 0 Å². The van der Waals surface area contributed by atoms with Crippen LogP contribution in [0.15, 0.2) is 0 Å². The van der Waals surface area contributed by atoms with Crippen molar-refractivity contribution in [2.45, 2.75) is 77.8 Å². The number of nitrogens with two attached hydrogens (primary N) is 1. The molecule has 0 radical (unpaired) electrons. The van der Waals surface area contributed by atoms with E-state index in [9.17, 15) is 4.79 Å². The molecular formula is C16H31ClN2O.